The maximum absolute atomic E-state index is 10.5. The van der Waals surface area contributed by atoms with Crippen molar-refractivity contribution in [1.82, 2.24) is 14.8 Å². The van der Waals surface area contributed by atoms with Gasteiger partial charge in [-0.2, -0.15) is 14.8 Å². The van der Waals surface area contributed by atoms with E-state index in [0.717, 1.165) is 0 Å². The Bertz CT molecular complexity index is 435. The molecule has 0 spiro atoms. The van der Waals surface area contributed by atoms with Crippen LogP contribution in [0.15, 0.2) is 24.5 Å². The summed E-state index contributed by atoms with van der Waals surface area (Å²) in [6, 6.07) is 3.21. The average molecular weight is 163 g/mol. The molecular formula is C7H5N3O2. The quantitative estimate of drug-likeness (QED) is 0.661. The van der Waals surface area contributed by atoms with Crippen LogP contribution in [0.1, 0.15) is 10.4 Å². The van der Waals surface area contributed by atoms with E-state index in [1.54, 1.807) is 12.3 Å². The Hall–Kier alpha value is -1.91. The predicted octanol–water partition coefficient (Wildman–Crippen LogP) is 0.427. The summed E-state index contributed by atoms with van der Waals surface area (Å²) in [7, 11) is 0. The molecule has 0 aliphatic carbocycles. The molecule has 0 fully saturated rings. The van der Waals surface area contributed by atoms with Gasteiger partial charge in [0.05, 0.1) is 23.5 Å². The van der Waals surface area contributed by atoms with Crippen molar-refractivity contribution in [2.45, 2.75) is 0 Å². The first kappa shape index (κ1) is 6.78. The number of rotatable bonds is 1. The van der Waals surface area contributed by atoms with E-state index in [4.69, 9.17) is 5.11 Å². The van der Waals surface area contributed by atoms with Gasteiger partial charge in [0, 0.05) is 0 Å². The van der Waals surface area contributed by atoms with Crippen molar-refractivity contribution < 1.29 is 9.90 Å². The molecule has 60 valence electrons. The number of aromatic carboxylic acids is 1. The van der Waals surface area contributed by atoms with E-state index in [1.165, 1.54) is 16.9 Å². The minimum Gasteiger partial charge on any atom is -0.478 e. The summed E-state index contributed by atoms with van der Waals surface area (Å²) >= 11 is 0. The summed E-state index contributed by atoms with van der Waals surface area (Å²) in [5, 5.41) is 16.2. The molecule has 2 aromatic heterocycles. The van der Waals surface area contributed by atoms with E-state index in [2.05, 4.69) is 10.2 Å². The molecule has 5 nitrogen and oxygen atoms in total. The molecule has 0 unspecified atom stereocenters. The first-order valence-corrected chi connectivity index (χ1v) is 3.31. The molecular weight excluding hydrogens is 158 g/mol. The van der Waals surface area contributed by atoms with Crippen molar-refractivity contribution >= 4 is 11.5 Å². The Morgan fingerprint density at radius 3 is 3.08 bits per heavy atom. The second-order valence-corrected chi connectivity index (χ2v) is 2.29. The summed E-state index contributed by atoms with van der Waals surface area (Å²) in [6.07, 6.45) is 2.83. The molecule has 0 amide bonds. The summed E-state index contributed by atoms with van der Waals surface area (Å²) in [5.74, 6) is -0.980. The molecule has 0 bridgehead atoms. The van der Waals surface area contributed by atoms with Crippen molar-refractivity contribution in [2.75, 3.05) is 0 Å². The van der Waals surface area contributed by atoms with Gasteiger partial charge in [0.15, 0.2) is 0 Å². The molecule has 0 aromatic carbocycles. The SMILES string of the molecule is O=C(O)c1cnn2nccc2c1. The zero-order chi connectivity index (χ0) is 8.55. The molecule has 0 saturated heterocycles. The summed E-state index contributed by atoms with van der Waals surface area (Å²) in [6.45, 7) is 0. The highest BCUT2D eigenvalue weighted by atomic mass is 16.4. The van der Waals surface area contributed by atoms with Crippen LogP contribution in [0.25, 0.3) is 5.52 Å². The van der Waals surface area contributed by atoms with Gasteiger partial charge in [0.25, 0.3) is 0 Å². The van der Waals surface area contributed by atoms with E-state index in [9.17, 15) is 4.79 Å². The van der Waals surface area contributed by atoms with E-state index in [0.29, 0.717) is 5.52 Å². The highest BCUT2D eigenvalue weighted by molar-refractivity contribution is 5.88. The lowest BCUT2D eigenvalue weighted by atomic mass is 10.3. The minimum atomic E-state index is -0.980. The minimum absolute atomic E-state index is 0.169. The van der Waals surface area contributed by atoms with Gasteiger partial charge < -0.3 is 5.11 Å². The maximum Gasteiger partial charge on any atom is 0.337 e. The smallest absolute Gasteiger partial charge is 0.337 e. The average Bonchev–Trinajstić information content (AvgIpc) is 2.49. The van der Waals surface area contributed by atoms with Crippen molar-refractivity contribution in [3.8, 4) is 0 Å². The van der Waals surface area contributed by atoms with Crippen LogP contribution in [-0.2, 0) is 0 Å². The molecule has 12 heavy (non-hydrogen) atoms. The Morgan fingerprint density at radius 1 is 1.50 bits per heavy atom. The predicted molar refractivity (Wildman–Crippen MR) is 39.9 cm³/mol. The molecule has 0 aliphatic heterocycles. The fourth-order valence-corrected chi connectivity index (χ4v) is 0.939. The number of hydrogen-bond acceptors (Lipinski definition) is 3. The molecule has 2 aromatic rings. The third kappa shape index (κ3) is 0.914. The van der Waals surface area contributed by atoms with E-state index < -0.39 is 5.97 Å². The normalized spacial score (nSPS) is 10.3. The van der Waals surface area contributed by atoms with Crippen LogP contribution in [0.5, 0.6) is 0 Å². The van der Waals surface area contributed by atoms with Crippen LogP contribution >= 0.6 is 0 Å². The van der Waals surface area contributed by atoms with Gasteiger partial charge >= 0.3 is 5.97 Å². The van der Waals surface area contributed by atoms with E-state index in [1.807, 2.05) is 0 Å². The molecule has 2 rings (SSSR count). The molecule has 0 atom stereocenters. The van der Waals surface area contributed by atoms with Gasteiger partial charge in [-0.05, 0) is 12.1 Å². The topological polar surface area (TPSA) is 67.5 Å². The molecule has 2 heterocycles. The second-order valence-electron chi connectivity index (χ2n) is 2.29. The van der Waals surface area contributed by atoms with Crippen LogP contribution in [0.2, 0.25) is 0 Å². The number of aromatic nitrogens is 3. The number of carboxylic acid groups (broad SMARTS) is 1. The summed E-state index contributed by atoms with van der Waals surface area (Å²) in [4.78, 5) is 10.5. The van der Waals surface area contributed by atoms with Crippen LogP contribution in [-0.4, -0.2) is 25.9 Å². The van der Waals surface area contributed by atoms with E-state index >= 15 is 0 Å². The number of hydrogen-bond donors (Lipinski definition) is 1. The fraction of sp³-hybridized carbons (Fsp3) is 0. The molecule has 0 aliphatic rings. The molecule has 0 radical (unpaired) electrons. The lowest BCUT2D eigenvalue weighted by Crippen LogP contribution is -2.00. The van der Waals surface area contributed by atoms with Gasteiger partial charge in [-0.1, -0.05) is 0 Å². The number of carbonyl (C=O) groups is 1. The lowest BCUT2D eigenvalue weighted by molar-refractivity contribution is 0.0696. The zero-order valence-corrected chi connectivity index (χ0v) is 6.01. The van der Waals surface area contributed by atoms with Crippen LogP contribution in [0.4, 0.5) is 0 Å². The van der Waals surface area contributed by atoms with Gasteiger partial charge in [-0.3, -0.25) is 0 Å². The third-order valence-corrected chi connectivity index (χ3v) is 1.51. The van der Waals surface area contributed by atoms with Crippen LogP contribution in [0.3, 0.4) is 0 Å². The van der Waals surface area contributed by atoms with Crippen molar-refractivity contribution in [1.29, 1.82) is 0 Å². The number of carboxylic acids is 1. The first-order chi connectivity index (χ1) is 5.77. The van der Waals surface area contributed by atoms with Crippen molar-refractivity contribution in [3.63, 3.8) is 0 Å². The monoisotopic (exact) mass is 163 g/mol. The Kier molecular flexibility index (Phi) is 1.30. The summed E-state index contributed by atoms with van der Waals surface area (Å²) < 4.78 is 1.37. The van der Waals surface area contributed by atoms with Gasteiger partial charge in [0.2, 0.25) is 0 Å². The Morgan fingerprint density at radius 2 is 2.33 bits per heavy atom. The maximum atomic E-state index is 10.5. The van der Waals surface area contributed by atoms with Crippen molar-refractivity contribution in [3.05, 3.63) is 30.1 Å². The largest absolute Gasteiger partial charge is 0.478 e. The fourth-order valence-electron chi connectivity index (χ4n) is 0.939. The van der Waals surface area contributed by atoms with Crippen molar-refractivity contribution in [2.24, 2.45) is 0 Å². The zero-order valence-electron chi connectivity index (χ0n) is 6.01. The lowest BCUT2D eigenvalue weighted by Gasteiger charge is -1.93. The number of nitrogens with zero attached hydrogens (tertiary/aromatic N) is 3. The standard InChI is InChI=1S/C7H5N3O2/c11-7(12)5-3-6-1-2-8-10(6)9-4-5/h1-4H,(H,11,12). The highest BCUT2D eigenvalue weighted by Crippen LogP contribution is 2.03. The second kappa shape index (κ2) is 2.30. The Labute approximate surface area is 67.2 Å². The molecule has 5 heteroatoms. The molecule has 0 saturated carbocycles. The molecule has 1 N–H and O–H groups in total. The van der Waals surface area contributed by atoms with Gasteiger partial charge in [0.1, 0.15) is 0 Å². The summed E-state index contributed by atoms with van der Waals surface area (Å²) in [5.41, 5.74) is 0.845. The van der Waals surface area contributed by atoms with E-state index in [-0.39, 0.29) is 5.56 Å². The van der Waals surface area contributed by atoms with Crippen LogP contribution < -0.4 is 0 Å². The Balaban J connectivity index is 2.68. The first-order valence-electron chi connectivity index (χ1n) is 3.31. The third-order valence-electron chi connectivity index (χ3n) is 1.51. The number of fused-ring (bicyclic) bond motifs is 1. The van der Waals surface area contributed by atoms with Crippen LogP contribution in [0, 0.1) is 0 Å². The highest BCUT2D eigenvalue weighted by Gasteiger charge is 2.03. The van der Waals surface area contributed by atoms with Gasteiger partial charge in [-0.15, -0.1) is 0 Å². The van der Waals surface area contributed by atoms with Gasteiger partial charge in [-0.25, -0.2) is 4.79 Å².